The Morgan fingerprint density at radius 3 is 2.88 bits per heavy atom. The number of hydrogen-bond acceptors (Lipinski definition) is 5. The van der Waals surface area contributed by atoms with Crippen molar-refractivity contribution in [2.45, 2.75) is 24.0 Å². The lowest BCUT2D eigenvalue weighted by molar-refractivity contribution is 0.103. The number of H-pyrrole nitrogens is 1. The quantitative estimate of drug-likeness (QED) is 0.644. The van der Waals surface area contributed by atoms with Gasteiger partial charge in [0, 0.05) is 20.2 Å². The number of nitrogens with zero attached hydrogens (tertiary/aromatic N) is 1. The fourth-order valence-corrected chi connectivity index (χ4v) is 3.29. The van der Waals surface area contributed by atoms with Crippen LogP contribution in [0.2, 0.25) is 0 Å². The maximum Gasteiger partial charge on any atom is 0.244 e. The standard InChI is InChI=1S/C9H16N4O3S/c1-6-9(5-11-12-6)17(14,15)13-7-3-10-4-8(7)16-2/h5,7-8,10,13H,3-4H2,1-2H3,(H,11,12)/t7?,8-/m0/s1. The molecule has 2 atom stereocenters. The molecular formula is C9H16N4O3S. The van der Waals surface area contributed by atoms with Gasteiger partial charge in [0.25, 0.3) is 0 Å². The molecule has 0 radical (unpaired) electrons. The second kappa shape index (κ2) is 4.73. The Bertz CT molecular complexity index is 484. The molecule has 96 valence electrons. The van der Waals surface area contributed by atoms with Crippen LogP contribution in [0.5, 0.6) is 0 Å². The predicted octanol–water partition coefficient (Wildman–Crippen LogP) is -1.02. The van der Waals surface area contributed by atoms with Crippen LogP contribution in [0.15, 0.2) is 11.1 Å². The van der Waals surface area contributed by atoms with Crippen LogP contribution >= 0.6 is 0 Å². The summed E-state index contributed by atoms with van der Waals surface area (Å²) in [7, 11) is -1.97. The number of rotatable bonds is 4. The highest BCUT2D eigenvalue weighted by atomic mass is 32.2. The molecule has 1 saturated heterocycles. The first kappa shape index (κ1) is 12.5. The summed E-state index contributed by atoms with van der Waals surface area (Å²) in [6.45, 7) is 2.88. The molecule has 2 heterocycles. The zero-order valence-electron chi connectivity index (χ0n) is 9.73. The van der Waals surface area contributed by atoms with Crippen LogP contribution in [0.25, 0.3) is 0 Å². The van der Waals surface area contributed by atoms with Gasteiger partial charge >= 0.3 is 0 Å². The normalized spacial score (nSPS) is 25.3. The van der Waals surface area contributed by atoms with E-state index in [0.717, 1.165) is 0 Å². The zero-order valence-corrected chi connectivity index (χ0v) is 10.5. The highest BCUT2D eigenvalue weighted by molar-refractivity contribution is 7.89. The number of ether oxygens (including phenoxy) is 1. The third-order valence-corrected chi connectivity index (χ3v) is 4.44. The Morgan fingerprint density at radius 2 is 2.29 bits per heavy atom. The van der Waals surface area contributed by atoms with Crippen molar-refractivity contribution in [2.75, 3.05) is 20.2 Å². The second-order valence-electron chi connectivity index (χ2n) is 4.02. The first-order valence-electron chi connectivity index (χ1n) is 5.30. The van der Waals surface area contributed by atoms with E-state index < -0.39 is 10.0 Å². The Hall–Kier alpha value is -0.960. The van der Waals surface area contributed by atoms with Gasteiger partial charge in [0.2, 0.25) is 10.0 Å². The third-order valence-electron chi connectivity index (χ3n) is 2.84. The molecule has 1 unspecified atom stereocenters. The molecule has 0 bridgehead atoms. The molecular weight excluding hydrogens is 244 g/mol. The van der Waals surface area contributed by atoms with E-state index in [4.69, 9.17) is 4.74 Å². The molecule has 1 fully saturated rings. The second-order valence-corrected chi connectivity index (χ2v) is 5.70. The number of nitrogens with one attached hydrogen (secondary N) is 3. The summed E-state index contributed by atoms with van der Waals surface area (Å²) in [5.41, 5.74) is 0.525. The van der Waals surface area contributed by atoms with E-state index in [-0.39, 0.29) is 17.0 Å². The summed E-state index contributed by atoms with van der Waals surface area (Å²) in [6.07, 6.45) is 1.17. The van der Waals surface area contributed by atoms with Crippen molar-refractivity contribution in [3.63, 3.8) is 0 Å². The molecule has 0 aliphatic carbocycles. The van der Waals surface area contributed by atoms with E-state index >= 15 is 0 Å². The van der Waals surface area contributed by atoms with E-state index in [1.54, 1.807) is 14.0 Å². The molecule has 7 nitrogen and oxygen atoms in total. The molecule has 0 spiro atoms. The van der Waals surface area contributed by atoms with E-state index in [9.17, 15) is 8.42 Å². The SMILES string of the molecule is CO[C@H]1CNCC1NS(=O)(=O)c1cn[nH]c1C. The lowest BCUT2D eigenvalue weighted by Crippen LogP contribution is -2.43. The number of aromatic amines is 1. The molecule has 0 aromatic carbocycles. The van der Waals surface area contributed by atoms with Crippen molar-refractivity contribution in [2.24, 2.45) is 0 Å². The molecule has 1 aliphatic rings. The van der Waals surface area contributed by atoms with Gasteiger partial charge in [-0.25, -0.2) is 13.1 Å². The summed E-state index contributed by atoms with van der Waals surface area (Å²) in [5, 5.41) is 9.40. The minimum atomic E-state index is -3.54. The predicted molar refractivity (Wildman–Crippen MR) is 61.1 cm³/mol. The average Bonchev–Trinajstić information content (AvgIpc) is 2.86. The van der Waals surface area contributed by atoms with Gasteiger partial charge in [0.15, 0.2) is 0 Å². The Balaban J connectivity index is 2.16. The number of aryl methyl sites for hydroxylation is 1. The monoisotopic (exact) mass is 260 g/mol. The third kappa shape index (κ3) is 2.49. The summed E-state index contributed by atoms with van der Waals surface area (Å²) in [4.78, 5) is 0.180. The molecule has 8 heteroatoms. The topological polar surface area (TPSA) is 96.1 Å². The highest BCUT2D eigenvalue weighted by Gasteiger charge is 2.32. The smallest absolute Gasteiger partial charge is 0.244 e. The van der Waals surface area contributed by atoms with Crippen molar-refractivity contribution >= 4 is 10.0 Å². The summed E-state index contributed by atoms with van der Waals surface area (Å²) >= 11 is 0. The van der Waals surface area contributed by atoms with Gasteiger partial charge < -0.3 is 10.1 Å². The van der Waals surface area contributed by atoms with Crippen LogP contribution in [-0.4, -0.2) is 51.0 Å². The number of sulfonamides is 1. The number of hydrogen-bond donors (Lipinski definition) is 3. The van der Waals surface area contributed by atoms with Gasteiger partial charge in [-0.1, -0.05) is 0 Å². The molecule has 0 amide bonds. The van der Waals surface area contributed by atoms with Crippen LogP contribution in [0.4, 0.5) is 0 Å². The summed E-state index contributed by atoms with van der Waals surface area (Å²) < 4.78 is 32.0. The molecule has 17 heavy (non-hydrogen) atoms. The van der Waals surface area contributed by atoms with Gasteiger partial charge in [-0.15, -0.1) is 0 Å². The summed E-state index contributed by atoms with van der Waals surface area (Å²) in [5.74, 6) is 0. The van der Waals surface area contributed by atoms with Crippen LogP contribution in [0.1, 0.15) is 5.69 Å². The highest BCUT2D eigenvalue weighted by Crippen LogP contribution is 2.13. The van der Waals surface area contributed by atoms with Crippen molar-refractivity contribution in [1.82, 2.24) is 20.2 Å². The van der Waals surface area contributed by atoms with Gasteiger partial charge in [0.1, 0.15) is 4.90 Å². The van der Waals surface area contributed by atoms with E-state index in [1.807, 2.05) is 0 Å². The molecule has 2 rings (SSSR count). The first-order chi connectivity index (χ1) is 8.04. The van der Waals surface area contributed by atoms with E-state index in [2.05, 4.69) is 20.2 Å². The number of methoxy groups -OCH3 is 1. The van der Waals surface area contributed by atoms with Crippen LogP contribution in [0, 0.1) is 6.92 Å². The molecule has 1 aromatic heterocycles. The van der Waals surface area contributed by atoms with Crippen LogP contribution < -0.4 is 10.0 Å². The Morgan fingerprint density at radius 1 is 1.53 bits per heavy atom. The summed E-state index contributed by atoms with van der Waals surface area (Å²) in [6, 6.07) is -0.251. The lowest BCUT2D eigenvalue weighted by Gasteiger charge is -2.18. The van der Waals surface area contributed by atoms with Crippen LogP contribution in [-0.2, 0) is 14.8 Å². The van der Waals surface area contributed by atoms with Gasteiger partial charge in [-0.3, -0.25) is 5.10 Å². The molecule has 0 saturated carbocycles. The fourth-order valence-electron chi connectivity index (χ4n) is 1.89. The minimum Gasteiger partial charge on any atom is -0.378 e. The zero-order chi connectivity index (χ0) is 12.5. The minimum absolute atomic E-state index is 0.142. The lowest BCUT2D eigenvalue weighted by atomic mass is 10.2. The Labute approximate surface area is 100.0 Å². The van der Waals surface area contributed by atoms with E-state index in [1.165, 1.54) is 6.20 Å². The molecule has 1 aliphatic heterocycles. The maximum atomic E-state index is 12.1. The van der Waals surface area contributed by atoms with Crippen molar-refractivity contribution < 1.29 is 13.2 Å². The first-order valence-corrected chi connectivity index (χ1v) is 6.78. The molecule has 1 aromatic rings. The van der Waals surface area contributed by atoms with Crippen molar-refractivity contribution in [3.8, 4) is 0 Å². The molecule has 3 N–H and O–H groups in total. The van der Waals surface area contributed by atoms with Crippen molar-refractivity contribution in [3.05, 3.63) is 11.9 Å². The van der Waals surface area contributed by atoms with Gasteiger partial charge in [-0.2, -0.15) is 5.10 Å². The van der Waals surface area contributed by atoms with Gasteiger partial charge in [0.05, 0.1) is 24.0 Å². The van der Waals surface area contributed by atoms with Gasteiger partial charge in [-0.05, 0) is 6.92 Å². The van der Waals surface area contributed by atoms with Crippen LogP contribution in [0.3, 0.4) is 0 Å². The maximum absolute atomic E-state index is 12.1. The van der Waals surface area contributed by atoms with Crippen molar-refractivity contribution in [1.29, 1.82) is 0 Å². The Kier molecular flexibility index (Phi) is 3.48. The largest absolute Gasteiger partial charge is 0.378 e. The fraction of sp³-hybridized carbons (Fsp3) is 0.667. The van der Waals surface area contributed by atoms with E-state index in [0.29, 0.717) is 18.8 Å². The average molecular weight is 260 g/mol. The number of aromatic nitrogens is 2.